The zero-order valence-electron chi connectivity index (χ0n) is 15.6. The fourth-order valence-electron chi connectivity index (χ4n) is 3.51. The molecule has 0 aliphatic carbocycles. The van der Waals surface area contributed by atoms with E-state index in [4.69, 9.17) is 4.42 Å². The van der Waals surface area contributed by atoms with Crippen LogP contribution < -0.4 is 10.6 Å². The molecule has 6 heteroatoms. The summed E-state index contributed by atoms with van der Waals surface area (Å²) in [5, 5.41) is 6.88. The van der Waals surface area contributed by atoms with Crippen LogP contribution in [0.4, 0.5) is 5.69 Å². The van der Waals surface area contributed by atoms with E-state index in [9.17, 15) is 9.59 Å². The van der Waals surface area contributed by atoms with Crippen LogP contribution in [-0.2, 0) is 4.79 Å². The van der Waals surface area contributed by atoms with Crippen molar-refractivity contribution in [1.29, 1.82) is 0 Å². The Balaban J connectivity index is 1.24. The van der Waals surface area contributed by atoms with Crippen molar-refractivity contribution in [3.8, 4) is 0 Å². The van der Waals surface area contributed by atoms with Gasteiger partial charge >= 0.3 is 0 Å². The topological polar surface area (TPSA) is 74.6 Å². The third-order valence-electron chi connectivity index (χ3n) is 5.00. The highest BCUT2D eigenvalue weighted by Crippen LogP contribution is 2.19. The standard InChI is InChI=1S/C22H23N3O3/c26-21(23-17-7-2-1-3-8-17)15-25-12-10-18(11-13-25)24-22(27)20-14-16-6-4-5-9-19(16)28-20/h1-9,14,18H,10-13,15H2,(H,23,26)(H,24,27). The van der Waals surface area contributed by atoms with Crippen molar-refractivity contribution in [2.45, 2.75) is 18.9 Å². The summed E-state index contributed by atoms with van der Waals surface area (Å²) < 4.78 is 5.63. The van der Waals surface area contributed by atoms with Gasteiger partial charge in [-0.2, -0.15) is 0 Å². The average Bonchev–Trinajstić information content (AvgIpc) is 3.15. The minimum absolute atomic E-state index is 0.0176. The largest absolute Gasteiger partial charge is 0.451 e. The van der Waals surface area contributed by atoms with Gasteiger partial charge in [-0.15, -0.1) is 0 Å². The van der Waals surface area contributed by atoms with Crippen molar-refractivity contribution in [3.63, 3.8) is 0 Å². The van der Waals surface area contributed by atoms with Crippen LogP contribution in [-0.4, -0.2) is 42.4 Å². The molecule has 2 aromatic carbocycles. The van der Waals surface area contributed by atoms with Crippen LogP contribution in [0.1, 0.15) is 23.4 Å². The van der Waals surface area contributed by atoms with Crippen LogP contribution in [0.15, 0.2) is 65.1 Å². The van der Waals surface area contributed by atoms with E-state index >= 15 is 0 Å². The number of para-hydroxylation sites is 2. The molecule has 1 aliphatic heterocycles. The summed E-state index contributed by atoms with van der Waals surface area (Å²) in [6.07, 6.45) is 1.62. The Morgan fingerprint density at radius 2 is 1.71 bits per heavy atom. The Morgan fingerprint density at radius 3 is 2.46 bits per heavy atom. The van der Waals surface area contributed by atoms with Gasteiger partial charge in [-0.25, -0.2) is 0 Å². The Morgan fingerprint density at radius 1 is 1.00 bits per heavy atom. The van der Waals surface area contributed by atoms with Gasteiger partial charge in [0, 0.05) is 30.2 Å². The Bertz CT molecular complexity index is 926. The number of fused-ring (bicyclic) bond motifs is 1. The van der Waals surface area contributed by atoms with E-state index in [-0.39, 0.29) is 17.9 Å². The molecule has 28 heavy (non-hydrogen) atoms. The number of anilines is 1. The first-order valence-corrected chi connectivity index (χ1v) is 9.54. The van der Waals surface area contributed by atoms with Crippen molar-refractivity contribution in [1.82, 2.24) is 10.2 Å². The first kappa shape index (κ1) is 18.3. The number of nitrogens with zero attached hydrogens (tertiary/aromatic N) is 1. The molecule has 0 unspecified atom stereocenters. The third kappa shape index (κ3) is 4.40. The number of benzene rings is 2. The van der Waals surface area contributed by atoms with Crippen LogP contribution in [0.5, 0.6) is 0 Å². The number of rotatable bonds is 5. The number of piperidine rings is 1. The van der Waals surface area contributed by atoms with Gasteiger partial charge in [-0.3, -0.25) is 14.5 Å². The van der Waals surface area contributed by atoms with Gasteiger partial charge in [0.05, 0.1) is 6.54 Å². The zero-order valence-corrected chi connectivity index (χ0v) is 15.6. The van der Waals surface area contributed by atoms with E-state index in [0.29, 0.717) is 17.9 Å². The van der Waals surface area contributed by atoms with Crippen molar-refractivity contribution in [2.24, 2.45) is 0 Å². The number of carbonyl (C=O) groups excluding carboxylic acids is 2. The zero-order chi connectivity index (χ0) is 19.3. The molecule has 3 aromatic rings. The van der Waals surface area contributed by atoms with Gasteiger partial charge < -0.3 is 15.1 Å². The van der Waals surface area contributed by atoms with Crippen LogP contribution in [0, 0.1) is 0 Å². The van der Waals surface area contributed by atoms with E-state index in [1.54, 1.807) is 6.07 Å². The number of amides is 2. The highest BCUT2D eigenvalue weighted by Gasteiger charge is 2.23. The van der Waals surface area contributed by atoms with Crippen molar-refractivity contribution in [3.05, 3.63) is 66.4 Å². The summed E-state index contributed by atoms with van der Waals surface area (Å²) >= 11 is 0. The Labute approximate surface area is 163 Å². The minimum Gasteiger partial charge on any atom is -0.451 e. The summed E-state index contributed by atoms with van der Waals surface area (Å²) in [5.41, 5.74) is 1.52. The number of likely N-dealkylation sites (tertiary alicyclic amines) is 1. The highest BCUT2D eigenvalue weighted by molar-refractivity contribution is 5.96. The predicted octanol–water partition coefficient (Wildman–Crippen LogP) is 3.27. The molecule has 2 heterocycles. The van der Waals surface area contributed by atoms with E-state index in [1.165, 1.54) is 0 Å². The van der Waals surface area contributed by atoms with E-state index in [2.05, 4.69) is 15.5 Å². The Kier molecular flexibility index (Phi) is 5.39. The fraction of sp³-hybridized carbons (Fsp3) is 0.273. The Hall–Kier alpha value is -3.12. The first-order chi connectivity index (χ1) is 13.7. The van der Waals surface area contributed by atoms with Gasteiger partial charge in [0.15, 0.2) is 5.76 Å². The molecule has 1 saturated heterocycles. The monoisotopic (exact) mass is 377 g/mol. The van der Waals surface area contributed by atoms with E-state index in [1.807, 2.05) is 54.6 Å². The summed E-state index contributed by atoms with van der Waals surface area (Å²) in [6.45, 7) is 1.90. The summed E-state index contributed by atoms with van der Waals surface area (Å²) in [6, 6.07) is 18.9. The second-order valence-electron chi connectivity index (χ2n) is 7.09. The molecular weight excluding hydrogens is 354 g/mol. The molecule has 0 radical (unpaired) electrons. The number of hydrogen-bond acceptors (Lipinski definition) is 4. The minimum atomic E-state index is -0.184. The lowest BCUT2D eigenvalue weighted by atomic mass is 10.0. The van der Waals surface area contributed by atoms with Gasteiger partial charge in [0.25, 0.3) is 5.91 Å². The normalized spacial score (nSPS) is 15.4. The number of nitrogens with one attached hydrogen (secondary N) is 2. The van der Waals surface area contributed by atoms with Crippen LogP contribution in [0.3, 0.4) is 0 Å². The van der Waals surface area contributed by atoms with Gasteiger partial charge in [0.1, 0.15) is 5.58 Å². The molecule has 2 N–H and O–H groups in total. The molecule has 6 nitrogen and oxygen atoms in total. The molecule has 1 aliphatic rings. The highest BCUT2D eigenvalue weighted by atomic mass is 16.3. The van der Waals surface area contributed by atoms with Crippen LogP contribution in [0.2, 0.25) is 0 Å². The molecule has 0 atom stereocenters. The van der Waals surface area contributed by atoms with Gasteiger partial charge in [-0.05, 0) is 37.1 Å². The van der Waals surface area contributed by atoms with Crippen molar-refractivity contribution < 1.29 is 14.0 Å². The third-order valence-corrected chi connectivity index (χ3v) is 5.00. The lowest BCUT2D eigenvalue weighted by Crippen LogP contribution is -2.46. The first-order valence-electron chi connectivity index (χ1n) is 9.54. The van der Waals surface area contributed by atoms with Crippen molar-refractivity contribution >= 4 is 28.5 Å². The van der Waals surface area contributed by atoms with Crippen molar-refractivity contribution in [2.75, 3.05) is 25.0 Å². The fourth-order valence-corrected chi connectivity index (χ4v) is 3.51. The number of furan rings is 1. The maximum atomic E-state index is 12.5. The lowest BCUT2D eigenvalue weighted by molar-refractivity contribution is -0.117. The smallest absolute Gasteiger partial charge is 0.287 e. The number of carbonyl (C=O) groups is 2. The molecule has 4 rings (SSSR count). The SMILES string of the molecule is O=C(CN1CCC(NC(=O)c2cc3ccccc3o2)CC1)Nc1ccccc1. The molecule has 1 fully saturated rings. The quantitative estimate of drug-likeness (QED) is 0.716. The maximum absolute atomic E-state index is 12.5. The molecule has 2 amide bonds. The van der Waals surface area contributed by atoms with Crippen LogP contribution in [0.25, 0.3) is 11.0 Å². The number of hydrogen-bond donors (Lipinski definition) is 2. The molecule has 0 bridgehead atoms. The van der Waals surface area contributed by atoms with Gasteiger partial charge in [0.2, 0.25) is 5.91 Å². The predicted molar refractivity (Wildman–Crippen MR) is 108 cm³/mol. The second-order valence-corrected chi connectivity index (χ2v) is 7.09. The maximum Gasteiger partial charge on any atom is 0.287 e. The molecule has 0 saturated carbocycles. The van der Waals surface area contributed by atoms with Gasteiger partial charge in [-0.1, -0.05) is 36.4 Å². The molecular formula is C22H23N3O3. The summed E-state index contributed by atoms with van der Waals surface area (Å²) in [4.78, 5) is 26.8. The second kappa shape index (κ2) is 8.27. The lowest BCUT2D eigenvalue weighted by Gasteiger charge is -2.31. The van der Waals surface area contributed by atoms with Crippen LogP contribution >= 0.6 is 0 Å². The molecule has 0 spiro atoms. The molecule has 1 aromatic heterocycles. The van der Waals surface area contributed by atoms with E-state index < -0.39 is 0 Å². The summed E-state index contributed by atoms with van der Waals surface area (Å²) in [7, 11) is 0. The van der Waals surface area contributed by atoms with E-state index in [0.717, 1.165) is 37.0 Å². The molecule has 144 valence electrons. The average molecular weight is 377 g/mol. The summed E-state index contributed by atoms with van der Waals surface area (Å²) in [5.74, 6) is 0.137.